The third-order valence-electron chi connectivity index (χ3n) is 4.42. The summed E-state index contributed by atoms with van der Waals surface area (Å²) in [5.74, 6) is 0.780. The Morgan fingerprint density at radius 2 is 1.81 bits per heavy atom. The molecule has 6 heteroatoms. The predicted octanol–water partition coefficient (Wildman–Crippen LogP) is 4.15. The van der Waals surface area contributed by atoms with E-state index in [1.165, 1.54) is 17.3 Å². The average molecular weight is 381 g/mol. The van der Waals surface area contributed by atoms with Gasteiger partial charge in [0.2, 0.25) is 5.91 Å². The molecule has 1 aromatic heterocycles. The minimum atomic E-state index is -0.274. The number of rotatable bonds is 6. The maximum Gasteiger partial charge on any atom is 0.233 e. The molecule has 0 aliphatic rings. The largest absolute Gasteiger partial charge is 0.349 e. The van der Waals surface area contributed by atoms with Crippen LogP contribution in [0.15, 0.2) is 59.8 Å². The highest BCUT2D eigenvalue weighted by Crippen LogP contribution is 2.26. The van der Waals surface area contributed by atoms with Gasteiger partial charge in [0.15, 0.2) is 11.0 Å². The van der Waals surface area contributed by atoms with E-state index in [-0.39, 0.29) is 17.2 Å². The van der Waals surface area contributed by atoms with Crippen molar-refractivity contribution in [2.75, 3.05) is 0 Å². The van der Waals surface area contributed by atoms with E-state index in [0.717, 1.165) is 22.1 Å². The summed E-state index contributed by atoms with van der Waals surface area (Å²) in [6.45, 7) is 5.93. The standard InChI is InChI=1S/C21H24N4OS/c1-14-9-8-12-18(13-14)19-23-24-21(25(19)4)27-16(3)20(26)22-15(2)17-10-6-5-7-11-17/h5-13,15-16H,1-4H3,(H,22,26). The number of thioether (sulfide) groups is 1. The zero-order valence-electron chi connectivity index (χ0n) is 16.0. The van der Waals surface area contributed by atoms with Crippen LogP contribution in [0.4, 0.5) is 0 Å². The van der Waals surface area contributed by atoms with Gasteiger partial charge in [0.1, 0.15) is 0 Å². The Morgan fingerprint density at radius 3 is 2.52 bits per heavy atom. The summed E-state index contributed by atoms with van der Waals surface area (Å²) in [5, 5.41) is 12.1. The fraction of sp³-hybridized carbons (Fsp3) is 0.286. The molecule has 5 nitrogen and oxygen atoms in total. The number of aromatic nitrogens is 3. The van der Waals surface area contributed by atoms with Crippen molar-refractivity contribution >= 4 is 17.7 Å². The van der Waals surface area contributed by atoms with Crippen LogP contribution in [0.2, 0.25) is 0 Å². The monoisotopic (exact) mass is 380 g/mol. The molecule has 0 fully saturated rings. The molecule has 3 aromatic rings. The first-order valence-corrected chi connectivity index (χ1v) is 9.82. The Morgan fingerprint density at radius 1 is 1.07 bits per heavy atom. The second-order valence-corrected chi connectivity index (χ2v) is 7.94. The Bertz CT molecular complexity index is 923. The van der Waals surface area contributed by atoms with E-state index >= 15 is 0 Å². The molecule has 0 radical (unpaired) electrons. The Balaban J connectivity index is 1.67. The second-order valence-electron chi connectivity index (χ2n) is 6.64. The first-order chi connectivity index (χ1) is 13.0. The maximum absolute atomic E-state index is 12.6. The summed E-state index contributed by atoms with van der Waals surface area (Å²) in [4.78, 5) is 12.6. The van der Waals surface area contributed by atoms with E-state index in [9.17, 15) is 4.79 Å². The topological polar surface area (TPSA) is 59.8 Å². The first kappa shape index (κ1) is 19.2. The molecule has 27 heavy (non-hydrogen) atoms. The van der Waals surface area contributed by atoms with Gasteiger partial charge in [-0.3, -0.25) is 4.79 Å². The third-order valence-corrected chi connectivity index (χ3v) is 5.55. The molecule has 2 aromatic carbocycles. The molecule has 0 saturated carbocycles. The van der Waals surface area contributed by atoms with Gasteiger partial charge in [0.05, 0.1) is 11.3 Å². The number of nitrogens with zero attached hydrogens (tertiary/aromatic N) is 3. The van der Waals surface area contributed by atoms with Crippen molar-refractivity contribution in [2.45, 2.75) is 37.2 Å². The van der Waals surface area contributed by atoms with Crippen LogP contribution in [0.25, 0.3) is 11.4 Å². The molecule has 140 valence electrons. The van der Waals surface area contributed by atoms with E-state index in [4.69, 9.17) is 0 Å². The summed E-state index contributed by atoms with van der Waals surface area (Å²) >= 11 is 1.41. The lowest BCUT2D eigenvalue weighted by molar-refractivity contribution is -0.120. The zero-order valence-corrected chi connectivity index (χ0v) is 16.8. The lowest BCUT2D eigenvalue weighted by atomic mass is 10.1. The number of hydrogen-bond donors (Lipinski definition) is 1. The van der Waals surface area contributed by atoms with Crippen molar-refractivity contribution in [3.05, 3.63) is 65.7 Å². The molecule has 0 saturated heterocycles. The van der Waals surface area contributed by atoms with E-state index in [0.29, 0.717) is 0 Å². The van der Waals surface area contributed by atoms with E-state index < -0.39 is 0 Å². The van der Waals surface area contributed by atoms with E-state index in [1.807, 2.05) is 67.9 Å². The Labute approximate surface area is 164 Å². The summed E-state index contributed by atoms with van der Waals surface area (Å²) in [6, 6.07) is 18.1. The van der Waals surface area contributed by atoms with Crippen LogP contribution in [0, 0.1) is 6.92 Å². The maximum atomic E-state index is 12.6. The molecular weight excluding hydrogens is 356 g/mol. The van der Waals surface area contributed by atoms with E-state index in [1.54, 1.807) is 0 Å². The smallest absolute Gasteiger partial charge is 0.233 e. The molecule has 0 spiro atoms. The second kappa shape index (κ2) is 8.39. The highest BCUT2D eigenvalue weighted by atomic mass is 32.2. The number of carbonyl (C=O) groups excluding carboxylic acids is 1. The molecule has 3 rings (SSSR count). The van der Waals surface area contributed by atoms with Crippen LogP contribution in [-0.2, 0) is 11.8 Å². The summed E-state index contributed by atoms with van der Waals surface area (Å²) in [7, 11) is 1.93. The van der Waals surface area contributed by atoms with Gasteiger partial charge in [0, 0.05) is 12.6 Å². The van der Waals surface area contributed by atoms with Gasteiger partial charge >= 0.3 is 0 Å². The van der Waals surface area contributed by atoms with Crippen LogP contribution in [0.3, 0.4) is 0 Å². The summed E-state index contributed by atoms with van der Waals surface area (Å²) < 4.78 is 1.93. The molecule has 0 aliphatic carbocycles. The molecule has 2 atom stereocenters. The van der Waals surface area contributed by atoms with Crippen molar-refractivity contribution in [2.24, 2.45) is 7.05 Å². The minimum Gasteiger partial charge on any atom is -0.349 e. The van der Waals surface area contributed by atoms with Gasteiger partial charge in [-0.15, -0.1) is 10.2 Å². The number of aryl methyl sites for hydroxylation is 1. The SMILES string of the molecule is Cc1cccc(-c2nnc(SC(C)C(=O)NC(C)c3ccccc3)n2C)c1. The van der Waals surface area contributed by atoms with Gasteiger partial charge in [-0.25, -0.2) is 0 Å². The number of hydrogen-bond acceptors (Lipinski definition) is 4. The van der Waals surface area contributed by atoms with Gasteiger partial charge < -0.3 is 9.88 Å². The van der Waals surface area contributed by atoms with Crippen molar-refractivity contribution in [3.63, 3.8) is 0 Å². The number of amides is 1. The third kappa shape index (κ3) is 4.57. The highest BCUT2D eigenvalue weighted by Gasteiger charge is 2.21. The van der Waals surface area contributed by atoms with Crippen LogP contribution >= 0.6 is 11.8 Å². The fourth-order valence-electron chi connectivity index (χ4n) is 2.82. The quantitative estimate of drug-likeness (QED) is 0.653. The fourth-order valence-corrected chi connectivity index (χ4v) is 3.64. The van der Waals surface area contributed by atoms with E-state index in [2.05, 4.69) is 34.6 Å². The molecule has 0 aliphatic heterocycles. The Kier molecular flexibility index (Phi) is 5.96. The van der Waals surface area contributed by atoms with Crippen LogP contribution < -0.4 is 5.32 Å². The molecular formula is C21H24N4OS. The van der Waals surface area contributed by atoms with Crippen molar-refractivity contribution in [1.29, 1.82) is 0 Å². The minimum absolute atomic E-state index is 0.0172. The highest BCUT2D eigenvalue weighted by molar-refractivity contribution is 8.00. The zero-order chi connectivity index (χ0) is 19.4. The molecule has 0 bridgehead atoms. The Hall–Kier alpha value is -2.60. The lowest BCUT2D eigenvalue weighted by Gasteiger charge is -2.17. The molecule has 1 amide bonds. The normalized spacial score (nSPS) is 13.2. The van der Waals surface area contributed by atoms with Gasteiger partial charge in [-0.1, -0.05) is 65.9 Å². The number of benzene rings is 2. The summed E-state index contributed by atoms with van der Waals surface area (Å²) in [6.07, 6.45) is 0. The predicted molar refractivity (Wildman–Crippen MR) is 109 cm³/mol. The van der Waals surface area contributed by atoms with Crippen LogP contribution in [0.1, 0.15) is 31.0 Å². The van der Waals surface area contributed by atoms with Crippen molar-refractivity contribution < 1.29 is 4.79 Å². The van der Waals surface area contributed by atoms with Crippen LogP contribution in [0.5, 0.6) is 0 Å². The molecule has 1 N–H and O–H groups in total. The molecule has 2 unspecified atom stereocenters. The average Bonchev–Trinajstić information content (AvgIpc) is 3.02. The van der Waals surface area contributed by atoms with Crippen molar-refractivity contribution in [3.8, 4) is 11.4 Å². The van der Waals surface area contributed by atoms with Gasteiger partial charge in [0.25, 0.3) is 0 Å². The summed E-state index contributed by atoms with van der Waals surface area (Å²) in [5.41, 5.74) is 3.28. The molecule has 1 heterocycles. The number of nitrogens with one attached hydrogen (secondary N) is 1. The van der Waals surface area contributed by atoms with Crippen LogP contribution in [-0.4, -0.2) is 25.9 Å². The first-order valence-electron chi connectivity index (χ1n) is 8.94. The van der Waals surface area contributed by atoms with Gasteiger partial charge in [-0.05, 0) is 32.4 Å². The van der Waals surface area contributed by atoms with Crippen molar-refractivity contribution in [1.82, 2.24) is 20.1 Å². The number of carbonyl (C=O) groups is 1. The van der Waals surface area contributed by atoms with Gasteiger partial charge in [-0.2, -0.15) is 0 Å². The lowest BCUT2D eigenvalue weighted by Crippen LogP contribution is -2.33.